The van der Waals surface area contributed by atoms with Crippen molar-refractivity contribution < 1.29 is 14.7 Å². The Kier molecular flexibility index (Phi) is 4.77. The molecule has 1 aromatic rings. The van der Waals surface area contributed by atoms with Gasteiger partial charge in [-0.25, -0.2) is 4.79 Å². The number of hydrogen-bond donors (Lipinski definition) is 3. The van der Waals surface area contributed by atoms with E-state index < -0.39 is 5.97 Å². The minimum Gasteiger partial charge on any atom is -0.478 e. The summed E-state index contributed by atoms with van der Waals surface area (Å²) in [6.45, 7) is 0. The lowest BCUT2D eigenvalue weighted by Gasteiger charge is -2.25. The average molecular weight is 341 g/mol. The van der Waals surface area contributed by atoms with Gasteiger partial charge in [-0.1, -0.05) is 15.9 Å². The zero-order valence-electron chi connectivity index (χ0n) is 10.9. The van der Waals surface area contributed by atoms with Crippen molar-refractivity contribution in [1.82, 2.24) is 0 Å². The predicted octanol–water partition coefficient (Wildman–Crippen LogP) is 2.60. The molecule has 1 fully saturated rings. The van der Waals surface area contributed by atoms with E-state index in [2.05, 4.69) is 21.2 Å². The Morgan fingerprint density at radius 3 is 2.50 bits per heavy atom. The van der Waals surface area contributed by atoms with Gasteiger partial charge in [0.15, 0.2) is 0 Å². The Hall–Kier alpha value is -1.40. The van der Waals surface area contributed by atoms with Crippen molar-refractivity contribution in [2.45, 2.75) is 31.7 Å². The van der Waals surface area contributed by atoms with E-state index in [4.69, 9.17) is 10.8 Å². The van der Waals surface area contributed by atoms with E-state index in [1.165, 1.54) is 6.07 Å². The van der Waals surface area contributed by atoms with Crippen molar-refractivity contribution in [3.8, 4) is 0 Å². The summed E-state index contributed by atoms with van der Waals surface area (Å²) in [4.78, 5) is 23.4. The molecule has 0 bridgehead atoms. The minimum atomic E-state index is -1.06. The number of benzene rings is 1. The molecule has 5 nitrogen and oxygen atoms in total. The lowest BCUT2D eigenvalue weighted by Crippen LogP contribution is -2.32. The van der Waals surface area contributed by atoms with Crippen LogP contribution in [0.5, 0.6) is 0 Å². The highest BCUT2D eigenvalue weighted by molar-refractivity contribution is 9.10. The molecule has 0 unspecified atom stereocenters. The van der Waals surface area contributed by atoms with Gasteiger partial charge in [0.25, 0.3) is 0 Å². The third-order valence-electron chi connectivity index (χ3n) is 3.61. The lowest BCUT2D eigenvalue weighted by atomic mass is 9.86. The molecule has 0 radical (unpaired) electrons. The molecule has 1 aromatic carbocycles. The smallest absolute Gasteiger partial charge is 0.337 e. The second kappa shape index (κ2) is 6.37. The quantitative estimate of drug-likeness (QED) is 0.788. The Bertz CT molecular complexity index is 525. The van der Waals surface area contributed by atoms with Crippen LogP contribution in [0.1, 0.15) is 36.0 Å². The molecular formula is C14H17BrN2O3. The SMILES string of the molecule is NC1CCC(C(=O)Nc2cc(Br)ccc2C(=O)O)CC1. The molecule has 1 aliphatic rings. The van der Waals surface area contributed by atoms with Crippen molar-refractivity contribution in [3.05, 3.63) is 28.2 Å². The number of carboxylic acids is 1. The van der Waals surface area contributed by atoms with E-state index in [-0.39, 0.29) is 23.4 Å². The van der Waals surface area contributed by atoms with Gasteiger partial charge < -0.3 is 16.2 Å². The van der Waals surface area contributed by atoms with E-state index in [0.29, 0.717) is 5.69 Å². The number of nitrogens with two attached hydrogens (primary N) is 1. The molecule has 0 heterocycles. The van der Waals surface area contributed by atoms with Crippen molar-refractivity contribution in [1.29, 1.82) is 0 Å². The monoisotopic (exact) mass is 340 g/mol. The maximum atomic E-state index is 12.2. The van der Waals surface area contributed by atoms with Crippen LogP contribution in [-0.2, 0) is 4.79 Å². The van der Waals surface area contributed by atoms with Gasteiger partial charge in [0.05, 0.1) is 11.3 Å². The number of nitrogens with one attached hydrogen (secondary N) is 1. The molecule has 0 atom stereocenters. The molecule has 6 heteroatoms. The fourth-order valence-corrected chi connectivity index (χ4v) is 2.78. The molecule has 0 aromatic heterocycles. The first-order valence-corrected chi connectivity index (χ1v) is 7.36. The minimum absolute atomic E-state index is 0.0876. The number of hydrogen-bond acceptors (Lipinski definition) is 3. The van der Waals surface area contributed by atoms with Gasteiger partial charge in [-0.2, -0.15) is 0 Å². The molecule has 1 amide bonds. The van der Waals surface area contributed by atoms with Gasteiger partial charge in [-0.3, -0.25) is 4.79 Å². The third kappa shape index (κ3) is 3.58. The van der Waals surface area contributed by atoms with Crippen molar-refractivity contribution >= 4 is 33.5 Å². The van der Waals surface area contributed by atoms with Crippen LogP contribution in [-0.4, -0.2) is 23.0 Å². The van der Waals surface area contributed by atoms with Crippen molar-refractivity contribution in [2.75, 3.05) is 5.32 Å². The molecule has 4 N–H and O–H groups in total. The summed E-state index contributed by atoms with van der Waals surface area (Å²) < 4.78 is 0.725. The molecule has 0 saturated heterocycles. The first-order valence-electron chi connectivity index (χ1n) is 6.56. The average Bonchev–Trinajstić information content (AvgIpc) is 2.39. The largest absolute Gasteiger partial charge is 0.478 e. The molecule has 1 aliphatic carbocycles. The second-order valence-corrected chi connectivity index (χ2v) is 6.01. The van der Waals surface area contributed by atoms with Crippen molar-refractivity contribution in [3.63, 3.8) is 0 Å². The van der Waals surface area contributed by atoms with Gasteiger partial charge in [0, 0.05) is 16.4 Å². The molecule has 20 heavy (non-hydrogen) atoms. The third-order valence-corrected chi connectivity index (χ3v) is 4.11. The van der Waals surface area contributed by atoms with Gasteiger partial charge in [0.2, 0.25) is 5.91 Å². The molecule has 108 valence electrons. The molecular weight excluding hydrogens is 324 g/mol. The molecule has 0 spiro atoms. The zero-order valence-corrected chi connectivity index (χ0v) is 12.5. The maximum Gasteiger partial charge on any atom is 0.337 e. The highest BCUT2D eigenvalue weighted by Crippen LogP contribution is 2.27. The van der Waals surface area contributed by atoms with Crippen LogP contribution in [0.2, 0.25) is 0 Å². The molecule has 2 rings (SSSR count). The summed E-state index contributed by atoms with van der Waals surface area (Å²) in [5.74, 6) is -1.27. The Morgan fingerprint density at radius 2 is 1.90 bits per heavy atom. The first kappa shape index (κ1) is 15.0. The summed E-state index contributed by atoms with van der Waals surface area (Å²) in [6, 6.07) is 4.90. The van der Waals surface area contributed by atoms with Crippen molar-refractivity contribution in [2.24, 2.45) is 11.7 Å². The number of carbonyl (C=O) groups excluding carboxylic acids is 1. The normalized spacial score (nSPS) is 22.3. The van der Waals surface area contributed by atoms with E-state index in [0.717, 1.165) is 30.2 Å². The van der Waals surface area contributed by atoms with Gasteiger partial charge in [-0.05, 0) is 43.9 Å². The summed E-state index contributed by atoms with van der Waals surface area (Å²) >= 11 is 3.28. The van der Waals surface area contributed by atoms with Crippen LogP contribution in [0.25, 0.3) is 0 Å². The van der Waals surface area contributed by atoms with Crippen LogP contribution in [0, 0.1) is 5.92 Å². The Balaban J connectivity index is 2.11. The summed E-state index contributed by atoms with van der Waals surface area (Å²) in [5.41, 5.74) is 6.24. The van der Waals surface area contributed by atoms with E-state index in [1.807, 2.05) is 0 Å². The first-order chi connectivity index (χ1) is 9.47. The zero-order chi connectivity index (χ0) is 14.7. The number of amides is 1. The van der Waals surface area contributed by atoms with Crippen LogP contribution in [0.15, 0.2) is 22.7 Å². The van der Waals surface area contributed by atoms with Crippen LogP contribution >= 0.6 is 15.9 Å². The number of aromatic carboxylic acids is 1. The number of halogens is 1. The highest BCUT2D eigenvalue weighted by Gasteiger charge is 2.25. The second-order valence-electron chi connectivity index (χ2n) is 5.10. The molecule has 1 saturated carbocycles. The van der Waals surface area contributed by atoms with Crippen LogP contribution < -0.4 is 11.1 Å². The number of rotatable bonds is 3. The molecule has 0 aliphatic heterocycles. The number of anilines is 1. The summed E-state index contributed by atoms with van der Waals surface area (Å²) in [7, 11) is 0. The Morgan fingerprint density at radius 1 is 1.25 bits per heavy atom. The summed E-state index contributed by atoms with van der Waals surface area (Å²) in [6.07, 6.45) is 3.18. The van der Waals surface area contributed by atoms with E-state index >= 15 is 0 Å². The summed E-state index contributed by atoms with van der Waals surface area (Å²) in [5, 5.41) is 11.9. The van der Waals surface area contributed by atoms with Gasteiger partial charge in [0.1, 0.15) is 0 Å². The topological polar surface area (TPSA) is 92.4 Å². The fourth-order valence-electron chi connectivity index (χ4n) is 2.42. The standard InChI is InChI=1S/C14H17BrN2O3/c15-9-3-6-11(14(19)20)12(7-9)17-13(18)8-1-4-10(16)5-2-8/h3,6-8,10H,1-2,4-5,16H2,(H,17,18)(H,19,20). The van der Waals surface area contributed by atoms with Crippen LogP contribution in [0.3, 0.4) is 0 Å². The fraction of sp³-hybridized carbons (Fsp3) is 0.429. The van der Waals surface area contributed by atoms with Crippen LogP contribution in [0.4, 0.5) is 5.69 Å². The lowest BCUT2D eigenvalue weighted by molar-refractivity contribution is -0.120. The highest BCUT2D eigenvalue weighted by atomic mass is 79.9. The maximum absolute atomic E-state index is 12.2. The van der Waals surface area contributed by atoms with E-state index in [1.54, 1.807) is 12.1 Å². The van der Waals surface area contributed by atoms with E-state index in [9.17, 15) is 9.59 Å². The van der Waals surface area contributed by atoms with Gasteiger partial charge in [-0.15, -0.1) is 0 Å². The number of carboxylic acid groups (broad SMARTS) is 1. The Labute approximate surface area is 125 Å². The predicted molar refractivity (Wildman–Crippen MR) is 79.7 cm³/mol. The number of carbonyl (C=O) groups is 2. The van der Waals surface area contributed by atoms with Gasteiger partial charge >= 0.3 is 5.97 Å².